The Hall–Kier alpha value is -2.34. The average Bonchev–Trinajstić information content (AvgIpc) is 2.89. The first kappa shape index (κ1) is 31.7. The predicted molar refractivity (Wildman–Crippen MR) is 163 cm³/mol. The second-order valence-corrected chi connectivity index (χ2v) is 10.4. The second-order valence-electron chi connectivity index (χ2n) is 10.4. The number of aryl methyl sites for hydroxylation is 3. The topological polar surface area (TPSA) is 0 Å². The summed E-state index contributed by atoms with van der Waals surface area (Å²) in [5, 5.41) is 0. The van der Waals surface area contributed by atoms with Crippen molar-refractivity contribution >= 4 is 0 Å². The molecule has 3 rings (SSSR count). The molecule has 0 N–H and O–H groups in total. The summed E-state index contributed by atoms with van der Waals surface area (Å²) in [6, 6.07) is 28.3. The Morgan fingerprint density at radius 2 is 1.11 bits per heavy atom. The van der Waals surface area contributed by atoms with Gasteiger partial charge in [0.1, 0.15) is 0 Å². The molecule has 0 heterocycles. The van der Waals surface area contributed by atoms with Crippen molar-refractivity contribution < 1.29 is 0 Å². The molecule has 0 aliphatic rings. The van der Waals surface area contributed by atoms with E-state index in [2.05, 4.69) is 127 Å². The summed E-state index contributed by atoms with van der Waals surface area (Å²) in [6.07, 6.45) is 11.7. The van der Waals surface area contributed by atoms with Gasteiger partial charge in [-0.1, -0.05) is 152 Å². The molecule has 1 atom stereocenters. The number of benzene rings is 3. The van der Waals surface area contributed by atoms with Crippen molar-refractivity contribution in [3.05, 3.63) is 107 Å². The van der Waals surface area contributed by atoms with Crippen molar-refractivity contribution in [2.75, 3.05) is 0 Å². The molecule has 0 heteroatoms. The molecule has 3 aromatic carbocycles. The summed E-state index contributed by atoms with van der Waals surface area (Å²) < 4.78 is 0. The maximum absolute atomic E-state index is 2.29. The molecule has 0 radical (unpaired) electrons. The third kappa shape index (κ3) is 13.7. The van der Waals surface area contributed by atoms with Gasteiger partial charge in [-0.2, -0.15) is 0 Å². The highest BCUT2D eigenvalue weighted by molar-refractivity contribution is 5.29. The maximum Gasteiger partial charge on any atom is -0.0190 e. The lowest BCUT2D eigenvalue weighted by Crippen LogP contribution is -2.03. The van der Waals surface area contributed by atoms with Crippen molar-refractivity contribution in [3.8, 4) is 0 Å². The first-order valence-corrected chi connectivity index (χ1v) is 14.6. The van der Waals surface area contributed by atoms with E-state index in [1.54, 1.807) is 0 Å². The molecule has 3 aromatic rings. The molecule has 0 nitrogen and oxygen atoms in total. The van der Waals surface area contributed by atoms with Crippen LogP contribution in [0.1, 0.15) is 113 Å². The zero-order valence-corrected chi connectivity index (χ0v) is 24.5. The molecule has 0 aromatic heterocycles. The number of rotatable bonds is 11. The van der Waals surface area contributed by atoms with Crippen LogP contribution in [0.25, 0.3) is 0 Å². The monoisotopic (exact) mass is 486 g/mol. The summed E-state index contributed by atoms with van der Waals surface area (Å²) in [7, 11) is 0. The first-order chi connectivity index (χ1) is 17.4. The van der Waals surface area contributed by atoms with Crippen LogP contribution in [0.15, 0.2) is 78.9 Å². The Morgan fingerprint density at radius 1 is 0.556 bits per heavy atom. The van der Waals surface area contributed by atoms with Crippen LogP contribution in [0, 0.1) is 19.8 Å². The van der Waals surface area contributed by atoms with Crippen LogP contribution in [0.5, 0.6) is 0 Å². The average molecular weight is 487 g/mol. The van der Waals surface area contributed by atoms with E-state index in [0.717, 1.165) is 11.8 Å². The Kier molecular flexibility index (Phi) is 17.4. The third-order valence-electron chi connectivity index (χ3n) is 6.96. The Morgan fingerprint density at radius 3 is 1.61 bits per heavy atom. The van der Waals surface area contributed by atoms with Gasteiger partial charge < -0.3 is 0 Å². The van der Waals surface area contributed by atoms with Crippen LogP contribution in [0.2, 0.25) is 0 Å². The molecule has 1 unspecified atom stereocenters. The largest absolute Gasteiger partial charge is 0.0654 e. The van der Waals surface area contributed by atoms with Gasteiger partial charge in [0.25, 0.3) is 0 Å². The standard InChI is InChI=1S/C14H22.2C11H16/c1-3-8-13(9-4-2)12-14-10-6-5-7-11-14;1-4-5-11-7-6-9(2)10(3)8-11;1-3-7-10(2)11-8-5-4-6-9-11/h5-7,10-11,13H,3-4,8-9,12H2,1-2H3;6-8H,4-5H2,1-3H3;4-6,8-10H,3,7H2,1-2H3. The zero-order valence-electron chi connectivity index (χ0n) is 24.5. The number of hydrogen-bond donors (Lipinski definition) is 0. The zero-order chi connectivity index (χ0) is 26.6. The fourth-order valence-corrected chi connectivity index (χ4v) is 4.74. The lowest BCUT2D eigenvalue weighted by Gasteiger charge is -2.14. The number of hydrogen-bond acceptors (Lipinski definition) is 0. The van der Waals surface area contributed by atoms with Crippen LogP contribution >= 0.6 is 0 Å². The Balaban J connectivity index is 0.000000273. The highest BCUT2D eigenvalue weighted by Gasteiger charge is 2.07. The molecule has 0 aliphatic carbocycles. The van der Waals surface area contributed by atoms with Gasteiger partial charge in [0.15, 0.2) is 0 Å². The van der Waals surface area contributed by atoms with Gasteiger partial charge >= 0.3 is 0 Å². The van der Waals surface area contributed by atoms with E-state index in [9.17, 15) is 0 Å². The van der Waals surface area contributed by atoms with Gasteiger partial charge in [0.2, 0.25) is 0 Å². The van der Waals surface area contributed by atoms with Crippen molar-refractivity contribution in [3.63, 3.8) is 0 Å². The van der Waals surface area contributed by atoms with Crippen molar-refractivity contribution in [2.45, 2.75) is 112 Å². The van der Waals surface area contributed by atoms with Crippen molar-refractivity contribution in [2.24, 2.45) is 5.92 Å². The Labute approximate surface area is 224 Å². The van der Waals surface area contributed by atoms with Gasteiger partial charge in [-0.25, -0.2) is 0 Å². The second kappa shape index (κ2) is 19.8. The molecule has 0 saturated carbocycles. The third-order valence-corrected chi connectivity index (χ3v) is 6.96. The summed E-state index contributed by atoms with van der Waals surface area (Å²) in [5.74, 6) is 1.62. The predicted octanol–water partition coefficient (Wildman–Crippen LogP) is 11.3. The smallest absolute Gasteiger partial charge is 0.0190 e. The van der Waals surface area contributed by atoms with Gasteiger partial charge in [-0.3, -0.25) is 0 Å². The highest BCUT2D eigenvalue weighted by Crippen LogP contribution is 2.20. The molecule has 0 fully saturated rings. The van der Waals surface area contributed by atoms with E-state index < -0.39 is 0 Å². The minimum atomic E-state index is 0.723. The van der Waals surface area contributed by atoms with Gasteiger partial charge in [-0.05, 0) is 72.8 Å². The highest BCUT2D eigenvalue weighted by atomic mass is 14.1. The molecule has 0 aliphatic heterocycles. The van der Waals surface area contributed by atoms with Crippen molar-refractivity contribution in [1.29, 1.82) is 0 Å². The maximum atomic E-state index is 2.29. The quantitative estimate of drug-likeness (QED) is 0.253. The summed E-state index contributed by atoms with van der Waals surface area (Å²) >= 11 is 0. The lowest BCUT2D eigenvalue weighted by atomic mass is 9.91. The fourth-order valence-electron chi connectivity index (χ4n) is 4.74. The van der Waals surface area contributed by atoms with E-state index in [4.69, 9.17) is 0 Å². The summed E-state index contributed by atoms with van der Waals surface area (Å²) in [5.41, 5.74) is 7.24. The minimum Gasteiger partial charge on any atom is -0.0654 e. The van der Waals surface area contributed by atoms with Crippen LogP contribution in [0.3, 0.4) is 0 Å². The lowest BCUT2D eigenvalue weighted by molar-refractivity contribution is 0.438. The Bertz CT molecular complexity index is 888. The summed E-state index contributed by atoms with van der Waals surface area (Å²) in [4.78, 5) is 0. The normalized spacial score (nSPS) is 11.2. The molecular formula is C36H54. The van der Waals surface area contributed by atoms with E-state index in [0.29, 0.717) is 0 Å². The van der Waals surface area contributed by atoms with E-state index in [-0.39, 0.29) is 0 Å². The fraction of sp³-hybridized carbons (Fsp3) is 0.500. The molecule has 0 bridgehead atoms. The molecule has 198 valence electrons. The molecule has 0 amide bonds. The van der Waals surface area contributed by atoms with Crippen LogP contribution in [-0.4, -0.2) is 0 Å². The van der Waals surface area contributed by atoms with Gasteiger partial charge in [-0.15, -0.1) is 0 Å². The first-order valence-electron chi connectivity index (χ1n) is 14.6. The van der Waals surface area contributed by atoms with Gasteiger partial charge in [0, 0.05) is 0 Å². The molecule has 0 saturated heterocycles. The van der Waals surface area contributed by atoms with Crippen molar-refractivity contribution in [1.82, 2.24) is 0 Å². The van der Waals surface area contributed by atoms with E-state index >= 15 is 0 Å². The van der Waals surface area contributed by atoms with Crippen LogP contribution in [0.4, 0.5) is 0 Å². The molecule has 36 heavy (non-hydrogen) atoms. The SMILES string of the molecule is CCCC(C)c1ccccc1.CCCC(CCC)Cc1ccccc1.CCCc1ccc(C)c(C)c1. The minimum absolute atomic E-state index is 0.723. The van der Waals surface area contributed by atoms with Crippen LogP contribution < -0.4 is 0 Å². The molecule has 0 spiro atoms. The van der Waals surface area contributed by atoms with Crippen LogP contribution in [-0.2, 0) is 12.8 Å². The van der Waals surface area contributed by atoms with Gasteiger partial charge in [0.05, 0.1) is 0 Å². The molecular weight excluding hydrogens is 432 g/mol. The summed E-state index contributed by atoms with van der Waals surface area (Å²) in [6.45, 7) is 15.6. The van der Waals surface area contributed by atoms with E-state index in [1.165, 1.54) is 85.6 Å². The van der Waals surface area contributed by atoms with E-state index in [1.807, 2.05) is 0 Å².